The Labute approximate surface area is 332 Å². The fourth-order valence-electron chi connectivity index (χ4n) is 8.73. The maximum Gasteiger partial charge on any atom is 0.162 e. The van der Waals surface area contributed by atoms with Gasteiger partial charge in [-0.3, -0.25) is 4.57 Å². The first kappa shape index (κ1) is 32.0. The standard InChI is InChI=1S/C52H32N4S/c1-4-15-34(16-5-1)48-32-43-50(57-48)52(54-51(53-43)35-17-6-2-7-18-35)56-45-28-26-36(30-42(45)49-39-21-11-10-14-33(39)25-29-46(49)56)37-24-27-41-40-22-12-13-23-44(40)55(47(41)31-37)38-19-8-3-9-20-38/h1-32H. The van der Waals surface area contributed by atoms with Gasteiger partial charge in [-0.15, -0.1) is 11.3 Å². The van der Waals surface area contributed by atoms with Gasteiger partial charge in [-0.05, 0) is 76.0 Å². The lowest BCUT2D eigenvalue weighted by molar-refractivity contribution is 1.08. The van der Waals surface area contributed by atoms with Gasteiger partial charge in [-0.1, -0.05) is 146 Å². The van der Waals surface area contributed by atoms with E-state index in [-0.39, 0.29) is 0 Å². The Kier molecular flexibility index (Phi) is 7.06. The summed E-state index contributed by atoms with van der Waals surface area (Å²) in [6.07, 6.45) is 0. The summed E-state index contributed by atoms with van der Waals surface area (Å²) in [6.45, 7) is 0. The van der Waals surface area contributed by atoms with Gasteiger partial charge in [0.2, 0.25) is 0 Å². The molecule has 0 atom stereocenters. The van der Waals surface area contributed by atoms with E-state index in [1.807, 2.05) is 6.07 Å². The van der Waals surface area contributed by atoms with Crippen LogP contribution in [-0.4, -0.2) is 19.1 Å². The lowest BCUT2D eigenvalue weighted by atomic mass is 9.99. The molecule has 5 heteroatoms. The molecule has 0 radical (unpaired) electrons. The number of para-hydroxylation sites is 2. The summed E-state index contributed by atoms with van der Waals surface area (Å²) < 4.78 is 5.82. The number of benzene rings is 8. The van der Waals surface area contributed by atoms with Crippen molar-refractivity contribution in [3.63, 3.8) is 0 Å². The highest BCUT2D eigenvalue weighted by Gasteiger charge is 2.22. The molecular formula is C52H32N4S. The number of hydrogen-bond donors (Lipinski definition) is 0. The molecule has 0 spiro atoms. The van der Waals surface area contributed by atoms with Crippen LogP contribution in [0.1, 0.15) is 0 Å². The quantitative estimate of drug-likeness (QED) is 0.176. The predicted molar refractivity (Wildman–Crippen MR) is 240 cm³/mol. The van der Waals surface area contributed by atoms with E-state index in [9.17, 15) is 0 Å². The third kappa shape index (κ3) is 4.99. The maximum absolute atomic E-state index is 5.43. The molecule has 0 saturated heterocycles. The van der Waals surface area contributed by atoms with Crippen LogP contribution in [-0.2, 0) is 0 Å². The summed E-state index contributed by atoms with van der Waals surface area (Å²) in [5.41, 5.74) is 11.2. The molecule has 0 saturated carbocycles. The van der Waals surface area contributed by atoms with E-state index in [0.29, 0.717) is 5.82 Å². The average Bonchev–Trinajstić information content (AvgIpc) is 3.97. The molecule has 8 aromatic carbocycles. The fourth-order valence-corrected chi connectivity index (χ4v) is 9.81. The first-order valence-electron chi connectivity index (χ1n) is 19.2. The van der Waals surface area contributed by atoms with Crippen molar-refractivity contribution in [3.8, 4) is 44.5 Å². The number of fused-ring (bicyclic) bond motifs is 9. The minimum atomic E-state index is 0.713. The van der Waals surface area contributed by atoms with Gasteiger partial charge in [-0.25, -0.2) is 9.97 Å². The van der Waals surface area contributed by atoms with E-state index in [1.54, 1.807) is 11.3 Å². The Bertz CT molecular complexity index is 3510. The van der Waals surface area contributed by atoms with Crippen LogP contribution >= 0.6 is 11.3 Å². The number of nitrogens with zero attached hydrogens (tertiary/aromatic N) is 4. The SMILES string of the molecule is c1ccc(-c2nc(-n3c4ccc(-c5ccc6c7ccccc7n(-c7ccccc7)c6c5)cc4c4c5ccccc5ccc43)c3sc(-c4ccccc4)cc3n2)cc1. The van der Waals surface area contributed by atoms with Gasteiger partial charge in [-0.2, -0.15) is 0 Å². The summed E-state index contributed by atoms with van der Waals surface area (Å²) in [4.78, 5) is 11.8. The van der Waals surface area contributed by atoms with Crippen molar-refractivity contribution in [1.82, 2.24) is 19.1 Å². The summed E-state index contributed by atoms with van der Waals surface area (Å²) in [6, 6.07) is 69.6. The second-order valence-corrected chi connectivity index (χ2v) is 15.6. The molecule has 0 amide bonds. The monoisotopic (exact) mass is 744 g/mol. The maximum atomic E-state index is 5.43. The van der Waals surface area contributed by atoms with Gasteiger partial charge in [0, 0.05) is 37.7 Å². The van der Waals surface area contributed by atoms with Crippen molar-refractivity contribution in [3.05, 3.63) is 194 Å². The van der Waals surface area contributed by atoms with Crippen LogP contribution in [0.2, 0.25) is 0 Å². The second kappa shape index (κ2) is 12.6. The molecule has 0 fully saturated rings. The summed E-state index contributed by atoms with van der Waals surface area (Å²) in [7, 11) is 0. The molecule has 0 unspecified atom stereocenters. The number of hydrogen-bond acceptors (Lipinski definition) is 3. The zero-order chi connectivity index (χ0) is 37.5. The molecule has 266 valence electrons. The zero-order valence-electron chi connectivity index (χ0n) is 30.7. The lowest BCUT2D eigenvalue weighted by Gasteiger charge is -2.11. The predicted octanol–water partition coefficient (Wildman–Crippen LogP) is 14.0. The Morgan fingerprint density at radius 3 is 1.84 bits per heavy atom. The molecule has 0 aliphatic carbocycles. The third-order valence-electron chi connectivity index (χ3n) is 11.3. The molecule has 12 rings (SSSR count). The molecule has 57 heavy (non-hydrogen) atoms. The van der Waals surface area contributed by atoms with Gasteiger partial charge in [0.25, 0.3) is 0 Å². The van der Waals surface area contributed by atoms with Gasteiger partial charge >= 0.3 is 0 Å². The first-order valence-corrected chi connectivity index (χ1v) is 20.1. The zero-order valence-corrected chi connectivity index (χ0v) is 31.5. The molecule has 0 bridgehead atoms. The highest BCUT2D eigenvalue weighted by atomic mass is 32.1. The number of rotatable bonds is 5. The van der Waals surface area contributed by atoms with Crippen LogP contribution < -0.4 is 0 Å². The van der Waals surface area contributed by atoms with Gasteiger partial charge in [0.15, 0.2) is 11.6 Å². The Morgan fingerprint density at radius 2 is 1.02 bits per heavy atom. The number of thiophene rings is 1. The molecular weight excluding hydrogens is 713 g/mol. The minimum absolute atomic E-state index is 0.713. The molecule has 12 aromatic rings. The molecule has 4 nitrogen and oxygen atoms in total. The lowest BCUT2D eigenvalue weighted by Crippen LogP contribution is -2.01. The Morgan fingerprint density at radius 1 is 0.386 bits per heavy atom. The Hall–Kier alpha value is -7.34. The van der Waals surface area contributed by atoms with E-state index >= 15 is 0 Å². The average molecular weight is 745 g/mol. The topological polar surface area (TPSA) is 35.6 Å². The highest BCUT2D eigenvalue weighted by molar-refractivity contribution is 7.22. The molecule has 4 heterocycles. The van der Waals surface area contributed by atoms with Crippen LogP contribution in [0.4, 0.5) is 0 Å². The van der Waals surface area contributed by atoms with Crippen molar-refractivity contribution in [2.45, 2.75) is 0 Å². The summed E-state index contributed by atoms with van der Waals surface area (Å²) in [5, 5.41) is 7.34. The molecule has 0 N–H and O–H groups in total. The smallest absolute Gasteiger partial charge is 0.162 e. The third-order valence-corrected chi connectivity index (χ3v) is 12.5. The second-order valence-electron chi connectivity index (χ2n) is 14.6. The van der Waals surface area contributed by atoms with Crippen molar-refractivity contribution < 1.29 is 0 Å². The van der Waals surface area contributed by atoms with Gasteiger partial charge in [0.1, 0.15) is 0 Å². The van der Waals surface area contributed by atoms with Crippen LogP contribution in [0.5, 0.6) is 0 Å². The molecule has 0 aliphatic rings. The van der Waals surface area contributed by atoms with Crippen molar-refractivity contribution >= 4 is 75.9 Å². The van der Waals surface area contributed by atoms with E-state index in [1.165, 1.54) is 64.9 Å². The molecule has 4 aromatic heterocycles. The van der Waals surface area contributed by atoms with Crippen LogP contribution in [0.3, 0.4) is 0 Å². The van der Waals surface area contributed by atoms with Crippen LogP contribution in [0, 0.1) is 0 Å². The van der Waals surface area contributed by atoms with E-state index in [2.05, 4.69) is 197 Å². The van der Waals surface area contributed by atoms with E-state index < -0.39 is 0 Å². The van der Waals surface area contributed by atoms with Crippen LogP contribution in [0.15, 0.2) is 194 Å². The van der Waals surface area contributed by atoms with Crippen molar-refractivity contribution in [2.75, 3.05) is 0 Å². The Balaban J connectivity index is 1.14. The summed E-state index contributed by atoms with van der Waals surface area (Å²) >= 11 is 1.75. The number of aromatic nitrogens is 4. The molecule has 0 aliphatic heterocycles. The van der Waals surface area contributed by atoms with E-state index in [0.717, 1.165) is 38.3 Å². The highest BCUT2D eigenvalue weighted by Crippen LogP contribution is 2.43. The normalized spacial score (nSPS) is 11.9. The summed E-state index contributed by atoms with van der Waals surface area (Å²) in [5.74, 6) is 1.60. The first-order chi connectivity index (χ1) is 28.3. The van der Waals surface area contributed by atoms with Gasteiger partial charge in [0.05, 0.1) is 32.3 Å². The fraction of sp³-hybridized carbons (Fsp3) is 0. The van der Waals surface area contributed by atoms with E-state index in [4.69, 9.17) is 9.97 Å². The largest absolute Gasteiger partial charge is 0.309 e. The van der Waals surface area contributed by atoms with Crippen molar-refractivity contribution in [2.24, 2.45) is 0 Å². The van der Waals surface area contributed by atoms with Crippen LogP contribution in [0.25, 0.3) is 109 Å². The minimum Gasteiger partial charge on any atom is -0.309 e. The van der Waals surface area contributed by atoms with Gasteiger partial charge < -0.3 is 4.57 Å². The van der Waals surface area contributed by atoms with Crippen molar-refractivity contribution in [1.29, 1.82) is 0 Å².